The van der Waals surface area contributed by atoms with Gasteiger partial charge in [0.25, 0.3) is 0 Å². The van der Waals surface area contributed by atoms with Crippen molar-refractivity contribution in [3.8, 4) is 28.7 Å². The number of rotatable bonds is 7. The minimum Gasteiger partial charge on any atom is -0.508 e. The summed E-state index contributed by atoms with van der Waals surface area (Å²) in [6.45, 7) is 1.12. The van der Waals surface area contributed by atoms with Crippen LogP contribution in [0.5, 0.6) is 28.7 Å². The molecular formula is C25H32O15. The van der Waals surface area contributed by atoms with Gasteiger partial charge in [0.1, 0.15) is 54.2 Å². The number of aromatic hydroxyl groups is 4. The summed E-state index contributed by atoms with van der Waals surface area (Å²) >= 11 is 0. The van der Waals surface area contributed by atoms with Gasteiger partial charge in [0.15, 0.2) is 29.6 Å². The van der Waals surface area contributed by atoms with Crippen LogP contribution in [0.3, 0.4) is 0 Å². The number of benzene rings is 2. The second kappa shape index (κ2) is 11.1. The summed E-state index contributed by atoms with van der Waals surface area (Å²) in [6.07, 6.45) is -19.8. The number of ether oxygens (including phenoxy) is 3. The molecule has 12 N–H and O–H groups in total. The van der Waals surface area contributed by atoms with E-state index in [0.717, 1.165) is 19.1 Å². The summed E-state index contributed by atoms with van der Waals surface area (Å²) in [5.74, 6) is -5.11. The first-order valence-electron chi connectivity index (χ1n) is 12.2. The Labute approximate surface area is 226 Å². The van der Waals surface area contributed by atoms with Gasteiger partial charge in [-0.2, -0.15) is 0 Å². The highest BCUT2D eigenvalue weighted by Crippen LogP contribution is 2.47. The first kappa shape index (κ1) is 30.0. The molecule has 40 heavy (non-hydrogen) atoms. The molecule has 0 amide bonds. The van der Waals surface area contributed by atoms with Crippen LogP contribution in [0.25, 0.3) is 0 Å². The van der Waals surface area contributed by atoms with Crippen LogP contribution in [0.4, 0.5) is 0 Å². The predicted molar refractivity (Wildman–Crippen MR) is 129 cm³/mol. The largest absolute Gasteiger partial charge is 0.508 e. The minimum atomic E-state index is -2.54. The molecule has 3 unspecified atom stereocenters. The second-order valence-corrected chi connectivity index (χ2v) is 9.99. The van der Waals surface area contributed by atoms with Gasteiger partial charge in [0.05, 0.1) is 6.10 Å². The molecule has 0 aliphatic carbocycles. The van der Waals surface area contributed by atoms with Crippen LogP contribution in [-0.4, -0.2) is 122 Å². The van der Waals surface area contributed by atoms with Crippen LogP contribution in [0.1, 0.15) is 24.2 Å². The molecule has 4 rings (SSSR count). The third-order valence-electron chi connectivity index (χ3n) is 7.00. The highest BCUT2D eigenvalue weighted by Gasteiger charge is 2.54. The molecule has 0 saturated carbocycles. The Morgan fingerprint density at radius 1 is 0.875 bits per heavy atom. The fourth-order valence-electron chi connectivity index (χ4n) is 4.73. The van der Waals surface area contributed by atoms with E-state index >= 15 is 0 Å². The third-order valence-corrected chi connectivity index (χ3v) is 7.00. The third kappa shape index (κ3) is 5.48. The van der Waals surface area contributed by atoms with Crippen LogP contribution in [-0.2, 0) is 15.9 Å². The molecule has 2 aromatic rings. The van der Waals surface area contributed by atoms with E-state index in [1.807, 2.05) is 0 Å². The summed E-state index contributed by atoms with van der Waals surface area (Å²) in [5, 5.41) is 123. The Bertz CT molecular complexity index is 1180. The summed E-state index contributed by atoms with van der Waals surface area (Å²) in [4.78, 5) is 0. The van der Waals surface area contributed by atoms with Crippen molar-refractivity contribution in [2.75, 3.05) is 0 Å². The van der Waals surface area contributed by atoms with Gasteiger partial charge in [-0.25, -0.2) is 0 Å². The van der Waals surface area contributed by atoms with E-state index in [2.05, 4.69) is 0 Å². The highest BCUT2D eigenvalue weighted by atomic mass is 16.8. The SMILES string of the molecule is C[C@@H](O)[C@@H](O)[C@H](O)[C@@H](O)[C@H]1OC(OC2(O)Cc3ccc(O)cc3OC2c2cc(O)c(O)c(O)c2)[C@H](O)[C@@H](O)[C@@H]1O. The van der Waals surface area contributed by atoms with Gasteiger partial charge in [0.2, 0.25) is 5.79 Å². The maximum absolute atomic E-state index is 11.7. The van der Waals surface area contributed by atoms with Crippen molar-refractivity contribution >= 4 is 0 Å². The molecular weight excluding hydrogens is 540 g/mol. The van der Waals surface area contributed by atoms with Crippen LogP contribution in [0.15, 0.2) is 30.3 Å². The number of aliphatic hydroxyl groups is 8. The predicted octanol–water partition coefficient (Wildman–Crippen LogP) is -2.84. The number of hydrogen-bond acceptors (Lipinski definition) is 15. The fraction of sp³-hybridized carbons (Fsp3) is 0.520. The zero-order chi connectivity index (χ0) is 29.7. The van der Waals surface area contributed by atoms with Crippen molar-refractivity contribution < 1.29 is 75.5 Å². The zero-order valence-electron chi connectivity index (χ0n) is 21.0. The Morgan fingerprint density at radius 2 is 1.50 bits per heavy atom. The van der Waals surface area contributed by atoms with Crippen molar-refractivity contribution in [2.45, 2.75) is 80.4 Å². The maximum Gasteiger partial charge on any atom is 0.214 e. The Morgan fingerprint density at radius 3 is 2.10 bits per heavy atom. The van der Waals surface area contributed by atoms with Crippen LogP contribution in [0.2, 0.25) is 0 Å². The van der Waals surface area contributed by atoms with Gasteiger partial charge in [-0.3, -0.25) is 0 Å². The van der Waals surface area contributed by atoms with E-state index in [1.165, 1.54) is 18.2 Å². The van der Waals surface area contributed by atoms with Gasteiger partial charge in [0, 0.05) is 18.1 Å². The summed E-state index contributed by atoms with van der Waals surface area (Å²) in [5.41, 5.74) is 0.129. The van der Waals surface area contributed by atoms with Crippen molar-refractivity contribution in [3.05, 3.63) is 41.5 Å². The number of phenols is 4. The van der Waals surface area contributed by atoms with Crippen molar-refractivity contribution in [3.63, 3.8) is 0 Å². The Balaban J connectivity index is 1.70. The molecule has 11 atom stereocenters. The fourth-order valence-corrected chi connectivity index (χ4v) is 4.73. The molecule has 2 aliphatic heterocycles. The number of hydrogen-bond donors (Lipinski definition) is 12. The van der Waals surface area contributed by atoms with Gasteiger partial charge >= 0.3 is 0 Å². The molecule has 1 fully saturated rings. The second-order valence-electron chi connectivity index (χ2n) is 9.99. The van der Waals surface area contributed by atoms with Gasteiger partial charge in [-0.05, 0) is 30.7 Å². The van der Waals surface area contributed by atoms with E-state index in [1.54, 1.807) is 0 Å². The standard InChI is InChI=1S/C25H32O15/c1-8(26)15(30)17(32)19(34)22-20(35)18(33)21(36)24(39-22)40-25(37)7-9-2-3-11(27)6-14(9)38-23(25)10-4-12(28)16(31)13(29)5-10/h2-6,8,15,17-24,26-37H,7H2,1H3/t8-,15-,17+,18+,19-,20+,21-,22-,23?,24?,25?/m1/s1. The van der Waals surface area contributed by atoms with Crippen molar-refractivity contribution in [2.24, 2.45) is 0 Å². The van der Waals surface area contributed by atoms with Crippen LogP contribution < -0.4 is 4.74 Å². The highest BCUT2D eigenvalue weighted by molar-refractivity contribution is 5.53. The van der Waals surface area contributed by atoms with Crippen LogP contribution in [0, 0.1) is 0 Å². The van der Waals surface area contributed by atoms with Crippen LogP contribution >= 0.6 is 0 Å². The number of aliphatic hydroxyl groups excluding tert-OH is 7. The molecule has 2 aromatic carbocycles. The maximum atomic E-state index is 11.7. The topological polar surface area (TPSA) is 270 Å². The number of phenolic OH excluding ortho intramolecular Hbond substituents is 4. The van der Waals surface area contributed by atoms with E-state index in [9.17, 15) is 61.3 Å². The van der Waals surface area contributed by atoms with E-state index < -0.39 is 90.7 Å². The van der Waals surface area contributed by atoms with Gasteiger partial charge in [-0.1, -0.05) is 6.07 Å². The quantitative estimate of drug-likeness (QED) is 0.118. The number of fused-ring (bicyclic) bond motifs is 1. The molecule has 15 nitrogen and oxygen atoms in total. The molecule has 0 radical (unpaired) electrons. The van der Waals surface area contributed by atoms with Crippen molar-refractivity contribution in [1.82, 2.24) is 0 Å². The first-order valence-corrected chi connectivity index (χ1v) is 12.2. The van der Waals surface area contributed by atoms with Crippen molar-refractivity contribution in [1.29, 1.82) is 0 Å². The average Bonchev–Trinajstić information content (AvgIpc) is 2.90. The Hall–Kier alpha value is -2.96. The molecule has 0 spiro atoms. The molecule has 2 heterocycles. The summed E-state index contributed by atoms with van der Waals surface area (Å²) in [6, 6.07) is 5.78. The normalized spacial score (nSPS) is 33.3. The monoisotopic (exact) mass is 572 g/mol. The molecule has 1 saturated heterocycles. The molecule has 2 aliphatic rings. The molecule has 15 heteroatoms. The lowest BCUT2D eigenvalue weighted by Gasteiger charge is -2.47. The lowest BCUT2D eigenvalue weighted by Crippen LogP contribution is -2.65. The summed E-state index contributed by atoms with van der Waals surface area (Å²) < 4.78 is 16.9. The minimum absolute atomic E-state index is 0.0643. The first-order chi connectivity index (χ1) is 18.6. The zero-order valence-corrected chi connectivity index (χ0v) is 21.0. The molecule has 0 aromatic heterocycles. The lowest BCUT2D eigenvalue weighted by molar-refractivity contribution is -0.385. The van der Waals surface area contributed by atoms with Gasteiger partial charge in [-0.15, -0.1) is 0 Å². The Kier molecular flexibility index (Phi) is 8.35. The van der Waals surface area contributed by atoms with Gasteiger partial charge < -0.3 is 75.5 Å². The molecule has 222 valence electrons. The molecule has 0 bridgehead atoms. The summed E-state index contributed by atoms with van der Waals surface area (Å²) in [7, 11) is 0. The average molecular weight is 573 g/mol. The van der Waals surface area contributed by atoms with E-state index in [4.69, 9.17) is 14.2 Å². The van der Waals surface area contributed by atoms with E-state index in [0.29, 0.717) is 0 Å². The smallest absolute Gasteiger partial charge is 0.214 e. The van der Waals surface area contributed by atoms with E-state index in [-0.39, 0.29) is 22.6 Å². The lowest BCUT2D eigenvalue weighted by atomic mass is 9.89.